The van der Waals surface area contributed by atoms with E-state index in [0.29, 0.717) is 13.0 Å². The van der Waals surface area contributed by atoms with Gasteiger partial charge in [0.05, 0.1) is 5.41 Å². The van der Waals surface area contributed by atoms with E-state index < -0.39 is 11.4 Å². The summed E-state index contributed by atoms with van der Waals surface area (Å²) in [6.07, 6.45) is 5.31. The molecule has 0 bridgehead atoms. The van der Waals surface area contributed by atoms with Crippen LogP contribution in [0.25, 0.3) is 5.57 Å². The normalized spacial score (nSPS) is 20.0. The molecule has 0 aromatic heterocycles. The van der Waals surface area contributed by atoms with Gasteiger partial charge in [0.2, 0.25) is 0 Å². The highest BCUT2D eigenvalue weighted by molar-refractivity contribution is 5.80. The van der Waals surface area contributed by atoms with Crippen LogP contribution in [0.5, 0.6) is 0 Å². The van der Waals surface area contributed by atoms with Crippen LogP contribution in [0.1, 0.15) is 36.8 Å². The van der Waals surface area contributed by atoms with Crippen LogP contribution in [0.2, 0.25) is 0 Å². The van der Waals surface area contributed by atoms with Gasteiger partial charge in [-0.05, 0) is 48.9 Å². The summed E-state index contributed by atoms with van der Waals surface area (Å²) in [7, 11) is 0. The summed E-state index contributed by atoms with van der Waals surface area (Å²) < 4.78 is 0. The van der Waals surface area contributed by atoms with Crippen molar-refractivity contribution in [1.82, 2.24) is 5.32 Å². The molecular formula is C22H25NO2. The Balaban J connectivity index is 1.83. The lowest BCUT2D eigenvalue weighted by Crippen LogP contribution is -2.45. The molecule has 0 aliphatic carbocycles. The minimum atomic E-state index is -0.672. The Kier molecular flexibility index (Phi) is 5.67. The smallest absolute Gasteiger partial charge is 0.310 e. The molecule has 0 radical (unpaired) electrons. The van der Waals surface area contributed by atoms with Gasteiger partial charge < -0.3 is 10.4 Å². The largest absolute Gasteiger partial charge is 0.481 e. The van der Waals surface area contributed by atoms with E-state index in [2.05, 4.69) is 35.7 Å². The first-order valence-electron chi connectivity index (χ1n) is 8.96. The van der Waals surface area contributed by atoms with Crippen LogP contribution >= 0.6 is 0 Å². The summed E-state index contributed by atoms with van der Waals surface area (Å²) in [4.78, 5) is 11.8. The van der Waals surface area contributed by atoms with Gasteiger partial charge in [-0.15, -0.1) is 0 Å². The summed E-state index contributed by atoms with van der Waals surface area (Å²) in [6.45, 7) is 1.49. The number of carboxylic acid groups (broad SMARTS) is 1. The molecule has 1 heterocycles. The number of allylic oxidation sites excluding steroid dienone is 1. The number of benzene rings is 2. The number of aliphatic carboxylic acids is 1. The lowest BCUT2D eigenvalue weighted by Gasteiger charge is -2.33. The molecule has 2 N–H and O–H groups in total. The van der Waals surface area contributed by atoms with Crippen LogP contribution in [0, 0.1) is 5.41 Å². The van der Waals surface area contributed by atoms with Crippen molar-refractivity contribution in [3.63, 3.8) is 0 Å². The molecule has 3 nitrogen and oxygen atoms in total. The van der Waals surface area contributed by atoms with E-state index in [4.69, 9.17) is 0 Å². The van der Waals surface area contributed by atoms with Gasteiger partial charge >= 0.3 is 5.97 Å². The van der Waals surface area contributed by atoms with Crippen LogP contribution < -0.4 is 5.32 Å². The Morgan fingerprint density at radius 2 is 1.64 bits per heavy atom. The van der Waals surface area contributed by atoms with E-state index in [0.717, 1.165) is 25.8 Å². The van der Waals surface area contributed by atoms with Gasteiger partial charge in [0.15, 0.2) is 0 Å². The van der Waals surface area contributed by atoms with Crippen LogP contribution in [-0.2, 0) is 4.79 Å². The quantitative estimate of drug-likeness (QED) is 0.825. The average molecular weight is 335 g/mol. The fraction of sp³-hybridized carbons (Fsp3) is 0.318. The predicted octanol–water partition coefficient (Wildman–Crippen LogP) is 4.35. The second-order valence-corrected chi connectivity index (χ2v) is 6.75. The molecule has 1 unspecified atom stereocenters. The van der Waals surface area contributed by atoms with Gasteiger partial charge in [0, 0.05) is 6.54 Å². The summed E-state index contributed by atoms with van der Waals surface area (Å²) >= 11 is 0. The first-order valence-corrected chi connectivity index (χ1v) is 8.96. The van der Waals surface area contributed by atoms with E-state index >= 15 is 0 Å². The zero-order chi connectivity index (χ0) is 17.5. The minimum Gasteiger partial charge on any atom is -0.481 e. The number of hydrogen-bond acceptors (Lipinski definition) is 2. The highest BCUT2D eigenvalue weighted by atomic mass is 16.4. The molecule has 130 valence electrons. The molecule has 1 aliphatic rings. The summed E-state index contributed by atoms with van der Waals surface area (Å²) in [5.74, 6) is -0.672. The number of piperidine rings is 1. The molecule has 3 rings (SSSR count). The SMILES string of the molecule is O=C(O)C1(CCC=C(c2ccccc2)c2ccccc2)CCCNC1. The van der Waals surface area contributed by atoms with Crippen LogP contribution in [0.15, 0.2) is 66.7 Å². The molecular weight excluding hydrogens is 310 g/mol. The summed E-state index contributed by atoms with van der Waals surface area (Å²) in [5.41, 5.74) is 2.87. The van der Waals surface area contributed by atoms with Crippen molar-refractivity contribution in [3.8, 4) is 0 Å². The Bertz CT molecular complexity index is 675. The van der Waals surface area contributed by atoms with Crippen molar-refractivity contribution in [2.24, 2.45) is 5.41 Å². The molecule has 25 heavy (non-hydrogen) atoms. The summed E-state index contributed by atoms with van der Waals surface area (Å²) in [6, 6.07) is 20.6. The van der Waals surface area contributed by atoms with Crippen molar-refractivity contribution in [2.75, 3.05) is 13.1 Å². The molecule has 0 spiro atoms. The number of nitrogens with one attached hydrogen (secondary N) is 1. The van der Waals surface area contributed by atoms with Gasteiger partial charge in [-0.3, -0.25) is 4.79 Å². The van der Waals surface area contributed by atoms with E-state index in [9.17, 15) is 9.90 Å². The number of rotatable bonds is 6. The first kappa shape index (κ1) is 17.4. The zero-order valence-corrected chi connectivity index (χ0v) is 14.4. The standard InChI is InChI=1S/C22H25NO2/c24-21(25)22(15-8-16-23-17-22)14-7-13-20(18-9-3-1-4-10-18)19-11-5-2-6-12-19/h1-6,9-13,23H,7-8,14-17H2,(H,24,25). The number of carboxylic acids is 1. The first-order chi connectivity index (χ1) is 12.2. The second kappa shape index (κ2) is 8.13. The van der Waals surface area contributed by atoms with Crippen LogP contribution in [-0.4, -0.2) is 24.2 Å². The zero-order valence-electron chi connectivity index (χ0n) is 14.4. The predicted molar refractivity (Wildman–Crippen MR) is 101 cm³/mol. The van der Waals surface area contributed by atoms with Gasteiger partial charge in [-0.1, -0.05) is 66.7 Å². The van der Waals surface area contributed by atoms with E-state index in [1.807, 2.05) is 36.4 Å². The molecule has 2 aromatic rings. The Hall–Kier alpha value is -2.39. The highest BCUT2D eigenvalue weighted by Gasteiger charge is 2.38. The van der Waals surface area contributed by atoms with Crippen molar-refractivity contribution in [2.45, 2.75) is 25.7 Å². The van der Waals surface area contributed by atoms with E-state index in [1.165, 1.54) is 16.7 Å². The topological polar surface area (TPSA) is 49.3 Å². The second-order valence-electron chi connectivity index (χ2n) is 6.75. The molecule has 1 fully saturated rings. The third kappa shape index (κ3) is 4.18. The lowest BCUT2D eigenvalue weighted by atomic mass is 9.76. The third-order valence-corrected chi connectivity index (χ3v) is 5.07. The van der Waals surface area contributed by atoms with Gasteiger partial charge in [0.25, 0.3) is 0 Å². The molecule has 0 saturated carbocycles. The highest BCUT2D eigenvalue weighted by Crippen LogP contribution is 2.33. The summed E-state index contributed by atoms with van der Waals surface area (Å²) in [5, 5.41) is 13.0. The van der Waals surface area contributed by atoms with Crippen LogP contribution in [0.3, 0.4) is 0 Å². The minimum absolute atomic E-state index is 0.572. The Labute approximate surface area is 149 Å². The van der Waals surface area contributed by atoms with Crippen molar-refractivity contribution >= 4 is 11.5 Å². The average Bonchev–Trinajstić information content (AvgIpc) is 2.67. The Morgan fingerprint density at radius 3 is 2.12 bits per heavy atom. The van der Waals surface area contributed by atoms with Crippen molar-refractivity contribution < 1.29 is 9.90 Å². The van der Waals surface area contributed by atoms with Crippen LogP contribution in [0.4, 0.5) is 0 Å². The molecule has 0 amide bonds. The molecule has 1 aliphatic heterocycles. The lowest BCUT2D eigenvalue weighted by molar-refractivity contribution is -0.150. The van der Waals surface area contributed by atoms with Gasteiger partial charge in [0.1, 0.15) is 0 Å². The molecule has 1 atom stereocenters. The van der Waals surface area contributed by atoms with E-state index in [1.54, 1.807) is 0 Å². The number of hydrogen-bond donors (Lipinski definition) is 2. The maximum absolute atomic E-state index is 11.8. The fourth-order valence-corrected chi connectivity index (χ4v) is 3.60. The third-order valence-electron chi connectivity index (χ3n) is 5.07. The molecule has 2 aromatic carbocycles. The van der Waals surface area contributed by atoms with Crippen molar-refractivity contribution in [3.05, 3.63) is 77.9 Å². The van der Waals surface area contributed by atoms with Gasteiger partial charge in [-0.25, -0.2) is 0 Å². The van der Waals surface area contributed by atoms with E-state index in [-0.39, 0.29) is 0 Å². The fourth-order valence-electron chi connectivity index (χ4n) is 3.60. The Morgan fingerprint density at radius 1 is 1.04 bits per heavy atom. The van der Waals surface area contributed by atoms with Crippen molar-refractivity contribution in [1.29, 1.82) is 0 Å². The molecule has 3 heteroatoms. The van der Waals surface area contributed by atoms with Gasteiger partial charge in [-0.2, -0.15) is 0 Å². The monoisotopic (exact) mass is 335 g/mol. The maximum atomic E-state index is 11.8. The molecule has 1 saturated heterocycles. The number of carbonyl (C=O) groups is 1. The maximum Gasteiger partial charge on any atom is 0.310 e.